The number of rotatable bonds is 5. The molecule has 1 heterocycles. The van der Waals surface area contributed by atoms with Gasteiger partial charge in [0.15, 0.2) is 0 Å². The Morgan fingerprint density at radius 2 is 1.87 bits per heavy atom. The van der Waals surface area contributed by atoms with Gasteiger partial charge in [0.2, 0.25) is 0 Å². The van der Waals surface area contributed by atoms with Gasteiger partial charge in [-0.1, -0.05) is 0 Å². The molecule has 5 heteroatoms. The van der Waals surface area contributed by atoms with Crippen LogP contribution in [0.1, 0.15) is 11.4 Å². The summed E-state index contributed by atoms with van der Waals surface area (Å²) in [5.74, 6) is 2.48. The Hall–Kier alpha value is -1.36. The van der Waals surface area contributed by atoms with E-state index in [4.69, 9.17) is 4.74 Å². The average molecular weight is 210 g/mol. The summed E-state index contributed by atoms with van der Waals surface area (Å²) >= 11 is 0. The van der Waals surface area contributed by atoms with Gasteiger partial charge in [0.1, 0.15) is 17.5 Å². The lowest BCUT2D eigenvalue weighted by molar-refractivity contribution is 0.210. The first-order valence-electron chi connectivity index (χ1n) is 4.94. The Morgan fingerprint density at radius 1 is 1.20 bits per heavy atom. The smallest absolute Gasteiger partial charge is 0.134 e. The Balaban J connectivity index is 2.81. The third-order valence-electron chi connectivity index (χ3n) is 2.09. The second-order valence-electron chi connectivity index (χ2n) is 3.26. The van der Waals surface area contributed by atoms with Crippen LogP contribution in [0.25, 0.3) is 0 Å². The quantitative estimate of drug-likeness (QED) is 0.715. The molecule has 0 aliphatic carbocycles. The van der Waals surface area contributed by atoms with Crippen molar-refractivity contribution in [3.05, 3.63) is 11.4 Å². The average Bonchev–Trinajstić information content (AvgIpc) is 2.23. The Morgan fingerprint density at radius 3 is 2.47 bits per heavy atom. The standard InChI is InChI=1S/C10H18N4O/c1-7-9(11-3)13-8(2)14-10(7)12-5-6-15-4/h5-6H2,1-4H3,(H2,11,12,13,14). The Kier molecular flexibility index (Phi) is 4.30. The largest absolute Gasteiger partial charge is 0.383 e. The molecule has 0 amide bonds. The topological polar surface area (TPSA) is 59.1 Å². The summed E-state index contributed by atoms with van der Waals surface area (Å²) in [5.41, 5.74) is 1.03. The molecule has 0 aromatic carbocycles. The van der Waals surface area contributed by atoms with Gasteiger partial charge in [0.25, 0.3) is 0 Å². The molecule has 84 valence electrons. The van der Waals surface area contributed by atoms with Crippen molar-refractivity contribution in [1.82, 2.24) is 9.97 Å². The molecule has 5 nitrogen and oxygen atoms in total. The molecule has 0 aliphatic heterocycles. The summed E-state index contributed by atoms with van der Waals surface area (Å²) in [4.78, 5) is 8.62. The van der Waals surface area contributed by atoms with Crippen molar-refractivity contribution >= 4 is 11.6 Å². The molecule has 1 aromatic heterocycles. The van der Waals surface area contributed by atoms with Gasteiger partial charge in [-0.15, -0.1) is 0 Å². The first kappa shape index (κ1) is 11.7. The van der Waals surface area contributed by atoms with Crippen molar-refractivity contribution in [3.8, 4) is 0 Å². The second kappa shape index (κ2) is 5.50. The van der Waals surface area contributed by atoms with Crippen molar-refractivity contribution in [2.24, 2.45) is 0 Å². The van der Waals surface area contributed by atoms with E-state index in [1.165, 1.54) is 0 Å². The third-order valence-corrected chi connectivity index (χ3v) is 2.09. The van der Waals surface area contributed by atoms with Gasteiger partial charge in [0, 0.05) is 26.3 Å². The molecule has 15 heavy (non-hydrogen) atoms. The zero-order chi connectivity index (χ0) is 11.3. The molecule has 1 aromatic rings. The van der Waals surface area contributed by atoms with Gasteiger partial charge in [0.05, 0.1) is 6.61 Å². The number of ether oxygens (including phenoxy) is 1. The minimum atomic E-state index is 0.664. The molecule has 0 bridgehead atoms. The summed E-state index contributed by atoms with van der Waals surface area (Å²) in [6.07, 6.45) is 0. The van der Waals surface area contributed by atoms with Crippen molar-refractivity contribution < 1.29 is 4.74 Å². The van der Waals surface area contributed by atoms with Gasteiger partial charge < -0.3 is 15.4 Å². The zero-order valence-electron chi connectivity index (χ0n) is 9.72. The highest BCUT2D eigenvalue weighted by molar-refractivity contribution is 5.56. The van der Waals surface area contributed by atoms with E-state index < -0.39 is 0 Å². The summed E-state index contributed by atoms with van der Waals surface area (Å²) in [7, 11) is 3.53. The minimum absolute atomic E-state index is 0.664. The summed E-state index contributed by atoms with van der Waals surface area (Å²) in [6.45, 7) is 5.27. The number of nitrogens with one attached hydrogen (secondary N) is 2. The molecule has 0 radical (unpaired) electrons. The maximum absolute atomic E-state index is 4.97. The van der Waals surface area contributed by atoms with Crippen LogP contribution in [0.2, 0.25) is 0 Å². The maximum atomic E-state index is 4.97. The highest BCUT2D eigenvalue weighted by Gasteiger charge is 2.06. The molecule has 0 unspecified atom stereocenters. The Labute approximate surface area is 90.3 Å². The fourth-order valence-electron chi connectivity index (χ4n) is 1.32. The van der Waals surface area contributed by atoms with Gasteiger partial charge in [-0.3, -0.25) is 0 Å². The molecule has 0 saturated carbocycles. The first-order chi connectivity index (χ1) is 7.19. The molecular weight excluding hydrogens is 192 g/mol. The first-order valence-corrected chi connectivity index (χ1v) is 4.94. The molecule has 0 atom stereocenters. The van der Waals surface area contributed by atoms with Gasteiger partial charge >= 0.3 is 0 Å². The SMILES string of the molecule is CNc1nc(C)nc(NCCOC)c1C. The van der Waals surface area contributed by atoms with Gasteiger partial charge in [-0.25, -0.2) is 9.97 Å². The summed E-state index contributed by atoms with van der Waals surface area (Å²) in [5, 5.41) is 6.26. The molecule has 0 aliphatic rings. The third kappa shape index (κ3) is 3.06. The highest BCUT2D eigenvalue weighted by Crippen LogP contribution is 2.18. The van der Waals surface area contributed by atoms with E-state index >= 15 is 0 Å². The van der Waals surface area contributed by atoms with Crippen molar-refractivity contribution in [2.45, 2.75) is 13.8 Å². The number of aromatic nitrogens is 2. The lowest BCUT2D eigenvalue weighted by Gasteiger charge is -2.12. The zero-order valence-corrected chi connectivity index (χ0v) is 9.72. The van der Waals surface area contributed by atoms with Crippen LogP contribution in [0.4, 0.5) is 11.6 Å². The summed E-state index contributed by atoms with van der Waals surface area (Å²) < 4.78 is 4.97. The van der Waals surface area contributed by atoms with E-state index in [9.17, 15) is 0 Å². The molecule has 2 N–H and O–H groups in total. The normalized spacial score (nSPS) is 10.1. The molecular formula is C10H18N4O. The predicted molar refractivity (Wildman–Crippen MR) is 61.4 cm³/mol. The van der Waals surface area contributed by atoms with E-state index in [0.29, 0.717) is 6.61 Å². The molecule has 0 spiro atoms. The number of hydrogen-bond acceptors (Lipinski definition) is 5. The highest BCUT2D eigenvalue weighted by atomic mass is 16.5. The fraction of sp³-hybridized carbons (Fsp3) is 0.600. The number of anilines is 2. The molecule has 0 saturated heterocycles. The molecule has 0 fully saturated rings. The number of aryl methyl sites for hydroxylation is 1. The van der Waals surface area contributed by atoms with Crippen LogP contribution >= 0.6 is 0 Å². The van der Waals surface area contributed by atoms with Crippen molar-refractivity contribution in [1.29, 1.82) is 0 Å². The van der Waals surface area contributed by atoms with E-state index in [2.05, 4.69) is 20.6 Å². The molecule has 1 rings (SSSR count). The lowest BCUT2D eigenvalue weighted by atomic mass is 10.3. The van der Waals surface area contributed by atoms with Crippen LogP contribution in [-0.2, 0) is 4.74 Å². The number of nitrogens with zero attached hydrogens (tertiary/aromatic N) is 2. The summed E-state index contributed by atoms with van der Waals surface area (Å²) in [6, 6.07) is 0. The van der Waals surface area contributed by atoms with Crippen molar-refractivity contribution in [2.75, 3.05) is 37.9 Å². The monoisotopic (exact) mass is 210 g/mol. The van der Waals surface area contributed by atoms with Gasteiger partial charge in [-0.2, -0.15) is 0 Å². The number of methoxy groups -OCH3 is 1. The predicted octanol–water partition coefficient (Wildman–Crippen LogP) is 1.19. The van der Waals surface area contributed by atoms with E-state index in [-0.39, 0.29) is 0 Å². The second-order valence-corrected chi connectivity index (χ2v) is 3.26. The van der Waals surface area contributed by atoms with Crippen molar-refractivity contribution in [3.63, 3.8) is 0 Å². The fourth-order valence-corrected chi connectivity index (χ4v) is 1.32. The van der Waals surface area contributed by atoms with E-state index in [0.717, 1.165) is 29.6 Å². The van der Waals surface area contributed by atoms with Gasteiger partial charge in [-0.05, 0) is 13.8 Å². The lowest BCUT2D eigenvalue weighted by Crippen LogP contribution is -2.12. The minimum Gasteiger partial charge on any atom is -0.383 e. The van der Waals surface area contributed by atoms with Crippen LogP contribution in [0, 0.1) is 13.8 Å². The van der Waals surface area contributed by atoms with Crippen LogP contribution in [0.5, 0.6) is 0 Å². The van der Waals surface area contributed by atoms with Crippen LogP contribution in [0.3, 0.4) is 0 Å². The maximum Gasteiger partial charge on any atom is 0.134 e. The van der Waals surface area contributed by atoms with Crippen LogP contribution in [0.15, 0.2) is 0 Å². The van der Waals surface area contributed by atoms with Crippen LogP contribution < -0.4 is 10.6 Å². The Bertz CT molecular complexity index is 327. The van der Waals surface area contributed by atoms with E-state index in [1.807, 2.05) is 20.9 Å². The number of hydrogen-bond donors (Lipinski definition) is 2. The van der Waals surface area contributed by atoms with Crippen LogP contribution in [-0.4, -0.2) is 37.3 Å². The van der Waals surface area contributed by atoms with E-state index in [1.54, 1.807) is 7.11 Å².